The molecule has 1 saturated heterocycles. The Labute approximate surface area is 134 Å². The Morgan fingerprint density at radius 3 is 2.87 bits per heavy atom. The van der Waals surface area contributed by atoms with E-state index in [1.165, 1.54) is 0 Å². The molecule has 1 atom stereocenters. The second-order valence-corrected chi connectivity index (χ2v) is 5.69. The molecule has 6 nitrogen and oxygen atoms in total. The summed E-state index contributed by atoms with van der Waals surface area (Å²) in [6.07, 6.45) is 4.28. The number of methoxy groups -OCH3 is 1. The van der Waals surface area contributed by atoms with Crippen molar-refractivity contribution in [3.63, 3.8) is 0 Å². The van der Waals surface area contributed by atoms with Crippen molar-refractivity contribution in [3.8, 4) is 17.2 Å². The first-order valence-electron chi connectivity index (χ1n) is 7.73. The number of ether oxygens (including phenoxy) is 1. The molecule has 0 radical (unpaired) electrons. The molecule has 0 amide bonds. The van der Waals surface area contributed by atoms with Crippen molar-refractivity contribution in [1.29, 1.82) is 0 Å². The predicted molar refractivity (Wildman–Crippen MR) is 84.2 cm³/mol. The Balaban J connectivity index is 1.72. The van der Waals surface area contributed by atoms with Gasteiger partial charge in [0.05, 0.1) is 12.8 Å². The second-order valence-electron chi connectivity index (χ2n) is 5.69. The van der Waals surface area contributed by atoms with Gasteiger partial charge in [-0.1, -0.05) is 6.42 Å². The number of carbonyl (C=O) groups is 1. The summed E-state index contributed by atoms with van der Waals surface area (Å²) >= 11 is 0. The van der Waals surface area contributed by atoms with Gasteiger partial charge in [-0.3, -0.25) is 9.69 Å². The number of likely N-dealkylation sites (tertiary alicyclic amines) is 1. The van der Waals surface area contributed by atoms with Gasteiger partial charge in [0.1, 0.15) is 18.1 Å². The van der Waals surface area contributed by atoms with Crippen molar-refractivity contribution in [1.82, 2.24) is 9.88 Å². The number of aromatic nitrogens is 1. The summed E-state index contributed by atoms with van der Waals surface area (Å²) in [7, 11) is 1.62. The molecule has 0 bridgehead atoms. The van der Waals surface area contributed by atoms with Crippen LogP contribution in [-0.4, -0.2) is 40.7 Å². The van der Waals surface area contributed by atoms with Crippen LogP contribution >= 0.6 is 0 Å². The van der Waals surface area contributed by atoms with E-state index in [9.17, 15) is 9.90 Å². The van der Waals surface area contributed by atoms with Crippen LogP contribution in [0.4, 0.5) is 0 Å². The highest BCUT2D eigenvalue weighted by Crippen LogP contribution is 2.24. The first-order chi connectivity index (χ1) is 11.2. The average molecular weight is 316 g/mol. The van der Waals surface area contributed by atoms with Gasteiger partial charge in [0, 0.05) is 12.1 Å². The summed E-state index contributed by atoms with van der Waals surface area (Å²) in [5.74, 6) is 0.549. The number of nitrogens with zero attached hydrogens (tertiary/aromatic N) is 2. The number of hydrogen-bond donors (Lipinski definition) is 1. The summed E-state index contributed by atoms with van der Waals surface area (Å²) in [6.45, 7) is 1.28. The molecular weight excluding hydrogens is 296 g/mol. The van der Waals surface area contributed by atoms with Gasteiger partial charge >= 0.3 is 5.97 Å². The normalized spacial score (nSPS) is 18.7. The van der Waals surface area contributed by atoms with Crippen LogP contribution in [0.15, 0.2) is 34.9 Å². The van der Waals surface area contributed by atoms with Gasteiger partial charge in [-0.05, 0) is 43.7 Å². The molecule has 0 aliphatic carbocycles. The molecule has 3 rings (SSSR count). The Morgan fingerprint density at radius 1 is 1.39 bits per heavy atom. The fourth-order valence-corrected chi connectivity index (χ4v) is 2.91. The highest BCUT2D eigenvalue weighted by atomic mass is 16.5. The van der Waals surface area contributed by atoms with Crippen LogP contribution < -0.4 is 4.74 Å². The Bertz CT molecular complexity index is 665. The third kappa shape index (κ3) is 3.53. The summed E-state index contributed by atoms with van der Waals surface area (Å²) in [6, 6.07) is 7.05. The number of oxazole rings is 1. The highest BCUT2D eigenvalue weighted by molar-refractivity contribution is 5.73. The van der Waals surface area contributed by atoms with E-state index in [-0.39, 0.29) is 0 Å². The molecule has 1 aromatic heterocycles. The van der Waals surface area contributed by atoms with E-state index in [1.54, 1.807) is 13.4 Å². The molecule has 1 unspecified atom stereocenters. The Morgan fingerprint density at radius 2 is 2.17 bits per heavy atom. The zero-order valence-corrected chi connectivity index (χ0v) is 13.1. The maximum absolute atomic E-state index is 11.3. The lowest BCUT2D eigenvalue weighted by atomic mass is 10.0. The number of piperidine rings is 1. The van der Waals surface area contributed by atoms with Crippen molar-refractivity contribution in [2.45, 2.75) is 31.8 Å². The Kier molecular flexibility index (Phi) is 4.62. The number of aliphatic carboxylic acids is 1. The minimum Gasteiger partial charge on any atom is -0.497 e. The first-order valence-corrected chi connectivity index (χ1v) is 7.73. The van der Waals surface area contributed by atoms with Gasteiger partial charge in [0.15, 0.2) is 0 Å². The average Bonchev–Trinajstić information content (AvgIpc) is 3.04. The van der Waals surface area contributed by atoms with Crippen molar-refractivity contribution < 1.29 is 19.1 Å². The largest absolute Gasteiger partial charge is 0.497 e. The monoisotopic (exact) mass is 316 g/mol. The molecule has 1 aliphatic rings. The molecule has 23 heavy (non-hydrogen) atoms. The lowest BCUT2D eigenvalue weighted by Crippen LogP contribution is -2.44. The zero-order chi connectivity index (χ0) is 16.2. The maximum Gasteiger partial charge on any atom is 0.320 e. The van der Waals surface area contributed by atoms with E-state index >= 15 is 0 Å². The van der Waals surface area contributed by atoms with E-state index in [0.29, 0.717) is 18.9 Å². The first kappa shape index (κ1) is 15.6. The van der Waals surface area contributed by atoms with E-state index < -0.39 is 12.0 Å². The van der Waals surface area contributed by atoms with E-state index in [0.717, 1.165) is 36.4 Å². The fourth-order valence-electron chi connectivity index (χ4n) is 2.91. The van der Waals surface area contributed by atoms with Gasteiger partial charge in [0.25, 0.3) is 0 Å². The van der Waals surface area contributed by atoms with Crippen LogP contribution in [0.3, 0.4) is 0 Å². The second kappa shape index (κ2) is 6.83. The summed E-state index contributed by atoms with van der Waals surface area (Å²) < 4.78 is 10.7. The molecular formula is C17H20N2O4. The van der Waals surface area contributed by atoms with E-state index in [4.69, 9.17) is 9.15 Å². The van der Waals surface area contributed by atoms with Crippen LogP contribution in [0.5, 0.6) is 5.75 Å². The van der Waals surface area contributed by atoms with Gasteiger partial charge < -0.3 is 14.3 Å². The van der Waals surface area contributed by atoms with Crippen LogP contribution in [-0.2, 0) is 11.3 Å². The van der Waals surface area contributed by atoms with Crippen molar-refractivity contribution >= 4 is 5.97 Å². The lowest BCUT2D eigenvalue weighted by molar-refractivity contribution is -0.144. The fraction of sp³-hybridized carbons (Fsp3) is 0.412. The Hall–Kier alpha value is -2.34. The number of hydrogen-bond acceptors (Lipinski definition) is 5. The van der Waals surface area contributed by atoms with Crippen LogP contribution in [0.2, 0.25) is 0 Å². The third-order valence-electron chi connectivity index (χ3n) is 4.15. The van der Waals surface area contributed by atoms with Crippen molar-refractivity contribution in [2.24, 2.45) is 0 Å². The number of carboxylic acids is 1. The van der Waals surface area contributed by atoms with Gasteiger partial charge in [-0.15, -0.1) is 0 Å². The zero-order valence-electron chi connectivity index (χ0n) is 13.1. The van der Waals surface area contributed by atoms with Gasteiger partial charge in [-0.2, -0.15) is 0 Å². The van der Waals surface area contributed by atoms with Crippen molar-refractivity contribution in [3.05, 3.63) is 36.2 Å². The lowest BCUT2D eigenvalue weighted by Gasteiger charge is -2.31. The summed E-state index contributed by atoms with van der Waals surface area (Å²) in [5.41, 5.74) is 1.62. The molecule has 1 fully saturated rings. The molecule has 0 saturated carbocycles. The SMILES string of the molecule is COc1ccc(-c2nc(CN3CCCCC3C(=O)O)co2)cc1. The minimum absolute atomic E-state index is 0.426. The van der Waals surface area contributed by atoms with Gasteiger partial charge in [-0.25, -0.2) is 4.98 Å². The molecule has 6 heteroatoms. The quantitative estimate of drug-likeness (QED) is 0.914. The maximum atomic E-state index is 11.3. The molecule has 1 aliphatic heterocycles. The number of benzene rings is 1. The molecule has 2 aromatic rings. The smallest absolute Gasteiger partial charge is 0.320 e. The van der Waals surface area contributed by atoms with E-state index in [2.05, 4.69) is 4.98 Å². The minimum atomic E-state index is -0.761. The van der Waals surface area contributed by atoms with Crippen LogP contribution in [0.25, 0.3) is 11.5 Å². The van der Waals surface area contributed by atoms with Crippen LogP contribution in [0.1, 0.15) is 25.0 Å². The molecule has 0 spiro atoms. The van der Waals surface area contributed by atoms with Gasteiger partial charge in [0.2, 0.25) is 5.89 Å². The topological polar surface area (TPSA) is 75.8 Å². The predicted octanol–water partition coefficient (Wildman–Crippen LogP) is 2.79. The third-order valence-corrected chi connectivity index (χ3v) is 4.15. The number of carboxylic acid groups (broad SMARTS) is 1. The van der Waals surface area contributed by atoms with E-state index in [1.807, 2.05) is 29.2 Å². The molecule has 1 N–H and O–H groups in total. The summed E-state index contributed by atoms with van der Waals surface area (Å²) in [4.78, 5) is 17.8. The molecule has 2 heterocycles. The molecule has 1 aromatic carbocycles. The summed E-state index contributed by atoms with van der Waals surface area (Å²) in [5, 5.41) is 9.32. The van der Waals surface area contributed by atoms with Crippen molar-refractivity contribution in [2.75, 3.05) is 13.7 Å². The number of rotatable bonds is 5. The highest BCUT2D eigenvalue weighted by Gasteiger charge is 2.28. The molecule has 122 valence electrons. The standard InChI is InChI=1S/C17H20N2O4/c1-22-14-7-5-12(6-8-14)16-18-13(11-23-16)10-19-9-3-2-4-15(19)17(20)21/h5-8,11,15H,2-4,9-10H2,1H3,(H,20,21). The van der Waals surface area contributed by atoms with Crippen LogP contribution in [0, 0.1) is 0 Å².